The molecule has 36 heavy (non-hydrogen) atoms. The number of ether oxygens (including phenoxy) is 3. The summed E-state index contributed by atoms with van der Waals surface area (Å²) in [5, 5.41) is 2.21. The summed E-state index contributed by atoms with van der Waals surface area (Å²) in [6.07, 6.45) is 0.939. The van der Waals surface area contributed by atoms with Crippen LogP contribution in [-0.4, -0.2) is 37.7 Å². The number of carbonyl (C=O) groups is 3. The number of aryl methyl sites for hydroxylation is 1. The first kappa shape index (κ1) is 26.7. The van der Waals surface area contributed by atoms with E-state index in [0.29, 0.717) is 19.4 Å². The molecule has 2 N–H and O–H groups in total. The highest BCUT2D eigenvalue weighted by molar-refractivity contribution is 5.97. The Balaban J connectivity index is 1.88. The van der Waals surface area contributed by atoms with Gasteiger partial charge in [-0.25, -0.2) is 0 Å². The van der Waals surface area contributed by atoms with Gasteiger partial charge < -0.3 is 19.9 Å². The van der Waals surface area contributed by atoms with Gasteiger partial charge in [0.25, 0.3) is 0 Å². The van der Waals surface area contributed by atoms with Crippen LogP contribution in [0.25, 0.3) is 21.9 Å². The lowest BCUT2D eigenvalue weighted by Crippen LogP contribution is -2.38. The van der Waals surface area contributed by atoms with Gasteiger partial charge in [0.2, 0.25) is 5.91 Å². The minimum absolute atomic E-state index is 0.0657. The topological polar surface area (TPSA) is 105 Å². The van der Waals surface area contributed by atoms with E-state index in [4.69, 9.17) is 19.9 Å². The van der Waals surface area contributed by atoms with E-state index < -0.39 is 23.3 Å². The molecule has 0 aromatic heterocycles. The van der Waals surface area contributed by atoms with Crippen molar-refractivity contribution in [1.29, 1.82) is 0 Å². The molecule has 0 fully saturated rings. The zero-order valence-corrected chi connectivity index (χ0v) is 21.0. The summed E-state index contributed by atoms with van der Waals surface area (Å²) >= 11 is 0. The number of hydrogen-bond donors (Lipinski definition) is 1. The van der Waals surface area contributed by atoms with E-state index in [0.717, 1.165) is 33.2 Å². The number of primary amides is 1. The van der Waals surface area contributed by atoms with Crippen molar-refractivity contribution in [2.75, 3.05) is 19.8 Å². The molecular formula is C29H33NO6. The second-order valence-electron chi connectivity index (χ2n) is 9.03. The third-order valence-corrected chi connectivity index (χ3v) is 6.06. The second kappa shape index (κ2) is 12.2. The minimum atomic E-state index is -0.908. The van der Waals surface area contributed by atoms with Gasteiger partial charge in [-0.3, -0.25) is 14.4 Å². The standard InChI is InChI=1S/C29H33NO6/c1-4-34-25-11-12-27-24(16-25)9-6-10-26(27)23-8-5-7-22(15-23)13-14-29(17-28(30)33,18-35-20(2)31)19-36-21(3)32/h5-12,15-16H,4,13-14,17-19H2,1-3H3,(H2,30,33). The first-order chi connectivity index (χ1) is 17.2. The van der Waals surface area contributed by atoms with Gasteiger partial charge in [0.05, 0.1) is 6.61 Å². The van der Waals surface area contributed by atoms with Crippen molar-refractivity contribution in [3.05, 3.63) is 66.2 Å². The van der Waals surface area contributed by atoms with Crippen LogP contribution in [0, 0.1) is 5.41 Å². The van der Waals surface area contributed by atoms with Gasteiger partial charge in [-0.1, -0.05) is 48.5 Å². The summed E-state index contributed by atoms with van der Waals surface area (Å²) in [7, 11) is 0. The Morgan fingerprint density at radius 3 is 2.22 bits per heavy atom. The van der Waals surface area contributed by atoms with Crippen molar-refractivity contribution >= 4 is 28.6 Å². The fourth-order valence-electron chi connectivity index (χ4n) is 4.33. The third-order valence-electron chi connectivity index (χ3n) is 6.06. The van der Waals surface area contributed by atoms with Crippen LogP contribution in [0.2, 0.25) is 0 Å². The van der Waals surface area contributed by atoms with Gasteiger partial charge in [0, 0.05) is 25.7 Å². The van der Waals surface area contributed by atoms with Crippen molar-refractivity contribution in [2.45, 2.75) is 40.0 Å². The fourth-order valence-corrected chi connectivity index (χ4v) is 4.33. The fraction of sp³-hybridized carbons (Fsp3) is 0.345. The third kappa shape index (κ3) is 7.31. The van der Waals surface area contributed by atoms with Crippen LogP contribution in [0.3, 0.4) is 0 Å². The van der Waals surface area contributed by atoms with Crippen molar-refractivity contribution in [3.63, 3.8) is 0 Å². The molecular weight excluding hydrogens is 458 g/mol. The van der Waals surface area contributed by atoms with Gasteiger partial charge in [-0.15, -0.1) is 0 Å². The van der Waals surface area contributed by atoms with Crippen LogP contribution in [0.15, 0.2) is 60.7 Å². The number of amides is 1. The Bertz CT molecular complexity index is 1220. The summed E-state index contributed by atoms with van der Waals surface area (Å²) < 4.78 is 16.1. The normalized spacial score (nSPS) is 11.2. The maximum atomic E-state index is 11.9. The Hall–Kier alpha value is -3.87. The summed E-state index contributed by atoms with van der Waals surface area (Å²) in [4.78, 5) is 34.9. The monoisotopic (exact) mass is 491 g/mol. The summed E-state index contributed by atoms with van der Waals surface area (Å²) in [5.41, 5.74) is 7.80. The largest absolute Gasteiger partial charge is 0.494 e. The van der Waals surface area contributed by atoms with E-state index in [9.17, 15) is 14.4 Å². The van der Waals surface area contributed by atoms with E-state index in [1.165, 1.54) is 13.8 Å². The maximum absolute atomic E-state index is 11.9. The molecule has 0 atom stereocenters. The van der Waals surface area contributed by atoms with E-state index in [1.54, 1.807) is 0 Å². The number of hydrogen-bond acceptors (Lipinski definition) is 6. The molecule has 7 nitrogen and oxygen atoms in total. The van der Waals surface area contributed by atoms with E-state index >= 15 is 0 Å². The molecule has 0 unspecified atom stereocenters. The molecule has 0 aliphatic heterocycles. The maximum Gasteiger partial charge on any atom is 0.302 e. The molecule has 0 heterocycles. The predicted octanol–water partition coefficient (Wildman–Crippen LogP) is 4.83. The number of carbonyl (C=O) groups excluding carboxylic acids is 3. The van der Waals surface area contributed by atoms with Gasteiger partial charge in [0.1, 0.15) is 19.0 Å². The lowest BCUT2D eigenvalue weighted by molar-refractivity contribution is -0.154. The first-order valence-corrected chi connectivity index (χ1v) is 12.0. The number of fused-ring (bicyclic) bond motifs is 1. The van der Waals surface area contributed by atoms with Crippen LogP contribution in [0.5, 0.6) is 5.75 Å². The van der Waals surface area contributed by atoms with Crippen molar-refractivity contribution in [1.82, 2.24) is 0 Å². The van der Waals surface area contributed by atoms with Crippen molar-refractivity contribution in [3.8, 4) is 16.9 Å². The minimum Gasteiger partial charge on any atom is -0.494 e. The summed E-state index contributed by atoms with van der Waals surface area (Å²) in [6, 6.07) is 20.4. The highest BCUT2D eigenvalue weighted by atomic mass is 16.5. The molecule has 0 saturated carbocycles. The highest BCUT2D eigenvalue weighted by Crippen LogP contribution is 2.33. The Morgan fingerprint density at radius 1 is 0.889 bits per heavy atom. The Morgan fingerprint density at radius 2 is 1.58 bits per heavy atom. The Kier molecular flexibility index (Phi) is 9.06. The molecule has 3 aromatic rings. The van der Waals surface area contributed by atoms with Crippen LogP contribution in [-0.2, 0) is 30.3 Å². The molecule has 0 aliphatic rings. The molecule has 0 spiro atoms. The zero-order chi connectivity index (χ0) is 26.1. The van der Waals surface area contributed by atoms with E-state index in [2.05, 4.69) is 30.3 Å². The number of nitrogens with two attached hydrogens (primary N) is 1. The van der Waals surface area contributed by atoms with Crippen LogP contribution in [0.4, 0.5) is 0 Å². The highest BCUT2D eigenvalue weighted by Gasteiger charge is 2.35. The SMILES string of the molecule is CCOc1ccc2c(-c3cccc(CCC(COC(C)=O)(COC(C)=O)CC(N)=O)c3)cccc2c1. The summed E-state index contributed by atoms with van der Waals surface area (Å²) in [5.74, 6) is -0.665. The van der Waals surface area contributed by atoms with E-state index in [1.807, 2.05) is 37.3 Å². The van der Waals surface area contributed by atoms with Crippen LogP contribution in [0.1, 0.15) is 39.2 Å². The van der Waals surface area contributed by atoms with Gasteiger partial charge in [0.15, 0.2) is 0 Å². The van der Waals surface area contributed by atoms with Crippen molar-refractivity contribution in [2.24, 2.45) is 11.1 Å². The molecule has 7 heteroatoms. The van der Waals surface area contributed by atoms with Gasteiger partial charge in [-0.2, -0.15) is 0 Å². The molecule has 0 aliphatic carbocycles. The summed E-state index contributed by atoms with van der Waals surface area (Å²) in [6.45, 7) is 5.03. The number of rotatable bonds is 12. The van der Waals surface area contributed by atoms with Gasteiger partial charge >= 0.3 is 11.9 Å². The lowest BCUT2D eigenvalue weighted by atomic mass is 9.80. The second-order valence-corrected chi connectivity index (χ2v) is 9.03. The first-order valence-electron chi connectivity index (χ1n) is 12.0. The predicted molar refractivity (Wildman–Crippen MR) is 138 cm³/mol. The van der Waals surface area contributed by atoms with Gasteiger partial charge in [-0.05, 0) is 59.4 Å². The molecule has 1 amide bonds. The quantitative estimate of drug-likeness (QED) is 0.364. The average molecular weight is 492 g/mol. The smallest absolute Gasteiger partial charge is 0.302 e. The molecule has 0 bridgehead atoms. The van der Waals surface area contributed by atoms with E-state index in [-0.39, 0.29) is 19.6 Å². The molecule has 0 saturated heterocycles. The van der Waals surface area contributed by atoms with Crippen LogP contribution < -0.4 is 10.5 Å². The van der Waals surface area contributed by atoms with Crippen LogP contribution >= 0.6 is 0 Å². The average Bonchev–Trinajstić information content (AvgIpc) is 2.84. The zero-order valence-electron chi connectivity index (χ0n) is 21.0. The molecule has 3 aromatic carbocycles. The molecule has 190 valence electrons. The Labute approximate surface area is 211 Å². The molecule has 3 rings (SSSR count). The number of esters is 2. The molecule has 0 radical (unpaired) electrons. The number of benzene rings is 3. The van der Waals surface area contributed by atoms with Crippen molar-refractivity contribution < 1.29 is 28.6 Å². The lowest BCUT2D eigenvalue weighted by Gasteiger charge is -2.31.